The number of likely N-dealkylation sites (tertiary alicyclic amines) is 1. The average Bonchev–Trinajstić information content (AvgIpc) is 3.15. The zero-order valence-electron chi connectivity index (χ0n) is 14.8. The Morgan fingerprint density at radius 3 is 2.84 bits per heavy atom. The molecule has 0 radical (unpaired) electrons. The summed E-state index contributed by atoms with van der Waals surface area (Å²) in [6.45, 7) is 8.52. The Morgan fingerprint density at radius 2 is 2.04 bits per heavy atom. The molecule has 4 heterocycles. The summed E-state index contributed by atoms with van der Waals surface area (Å²) in [7, 11) is 0. The first-order valence-corrected chi connectivity index (χ1v) is 9.31. The van der Waals surface area contributed by atoms with Gasteiger partial charge in [0.15, 0.2) is 5.65 Å². The second-order valence-corrected chi connectivity index (χ2v) is 6.97. The molecule has 0 aromatic carbocycles. The van der Waals surface area contributed by atoms with Crippen molar-refractivity contribution in [1.29, 1.82) is 0 Å². The van der Waals surface area contributed by atoms with Crippen molar-refractivity contribution in [3.05, 3.63) is 24.5 Å². The van der Waals surface area contributed by atoms with Crippen LogP contribution in [0.2, 0.25) is 0 Å². The summed E-state index contributed by atoms with van der Waals surface area (Å²) < 4.78 is 1.80. The van der Waals surface area contributed by atoms with E-state index >= 15 is 0 Å². The lowest BCUT2D eigenvalue weighted by atomic mass is 9.96. The van der Waals surface area contributed by atoms with Gasteiger partial charge in [-0.1, -0.05) is 6.92 Å². The van der Waals surface area contributed by atoms with Crippen LogP contribution in [0.4, 0.5) is 5.82 Å². The standard InChI is InChI=1S/C18H26N6O/c1-2-21-8-3-4-15(14-21)18(25)23-12-10-22(11-13-23)17-6-5-16-19-7-9-24(16)20-17/h5-7,9,15H,2-4,8,10-14H2,1H3/t15-/m1/s1. The largest absolute Gasteiger partial charge is 0.352 e. The van der Waals surface area contributed by atoms with Crippen LogP contribution in [-0.4, -0.2) is 76.1 Å². The molecule has 1 atom stereocenters. The van der Waals surface area contributed by atoms with Crippen LogP contribution in [0.15, 0.2) is 24.5 Å². The molecule has 7 heteroatoms. The monoisotopic (exact) mass is 342 g/mol. The lowest BCUT2D eigenvalue weighted by Gasteiger charge is -2.39. The molecule has 1 amide bonds. The fourth-order valence-electron chi connectivity index (χ4n) is 3.93. The minimum absolute atomic E-state index is 0.181. The van der Waals surface area contributed by atoms with E-state index < -0.39 is 0 Å². The highest BCUT2D eigenvalue weighted by Gasteiger charge is 2.30. The summed E-state index contributed by atoms with van der Waals surface area (Å²) in [6.07, 6.45) is 5.79. The van der Waals surface area contributed by atoms with E-state index in [9.17, 15) is 4.79 Å². The van der Waals surface area contributed by atoms with E-state index in [0.29, 0.717) is 5.91 Å². The molecular weight excluding hydrogens is 316 g/mol. The van der Waals surface area contributed by atoms with Gasteiger partial charge in [-0.05, 0) is 38.1 Å². The van der Waals surface area contributed by atoms with E-state index in [4.69, 9.17) is 0 Å². The van der Waals surface area contributed by atoms with Gasteiger partial charge in [0, 0.05) is 45.1 Å². The van der Waals surface area contributed by atoms with E-state index in [0.717, 1.165) is 70.1 Å². The molecule has 2 saturated heterocycles. The second kappa shape index (κ2) is 7.00. The third-order valence-electron chi connectivity index (χ3n) is 5.46. The van der Waals surface area contributed by atoms with Crippen LogP contribution in [0.1, 0.15) is 19.8 Å². The predicted octanol–water partition coefficient (Wildman–Crippen LogP) is 1.11. The van der Waals surface area contributed by atoms with E-state index in [1.807, 2.05) is 18.3 Å². The number of nitrogens with zero attached hydrogens (tertiary/aromatic N) is 6. The number of rotatable bonds is 3. The topological polar surface area (TPSA) is 57.0 Å². The van der Waals surface area contributed by atoms with E-state index in [2.05, 4.69) is 31.7 Å². The number of carbonyl (C=O) groups is 1. The van der Waals surface area contributed by atoms with Crippen molar-refractivity contribution in [2.75, 3.05) is 50.7 Å². The maximum atomic E-state index is 12.9. The van der Waals surface area contributed by atoms with Crippen molar-refractivity contribution in [1.82, 2.24) is 24.4 Å². The minimum Gasteiger partial charge on any atom is -0.352 e. The molecule has 2 aromatic heterocycles. The molecule has 2 aromatic rings. The molecule has 0 aliphatic carbocycles. The zero-order chi connectivity index (χ0) is 17.2. The molecule has 2 fully saturated rings. The van der Waals surface area contributed by atoms with Gasteiger partial charge < -0.3 is 14.7 Å². The highest BCUT2D eigenvalue weighted by molar-refractivity contribution is 5.79. The summed E-state index contributed by atoms with van der Waals surface area (Å²) >= 11 is 0. The molecule has 0 bridgehead atoms. The number of piperazine rings is 1. The van der Waals surface area contributed by atoms with E-state index in [1.54, 1.807) is 10.7 Å². The van der Waals surface area contributed by atoms with Crippen molar-refractivity contribution in [2.45, 2.75) is 19.8 Å². The number of fused-ring (bicyclic) bond motifs is 1. The Bertz CT molecular complexity index is 736. The molecule has 0 unspecified atom stereocenters. The minimum atomic E-state index is 0.181. The maximum absolute atomic E-state index is 12.9. The molecule has 0 N–H and O–H groups in total. The van der Waals surface area contributed by atoms with Gasteiger partial charge in [0.1, 0.15) is 5.82 Å². The molecule has 0 saturated carbocycles. The van der Waals surface area contributed by atoms with Crippen molar-refractivity contribution in [2.24, 2.45) is 5.92 Å². The maximum Gasteiger partial charge on any atom is 0.227 e. The van der Waals surface area contributed by atoms with Crippen molar-refractivity contribution >= 4 is 17.4 Å². The molecule has 2 aliphatic rings. The van der Waals surface area contributed by atoms with Crippen LogP contribution in [0.5, 0.6) is 0 Å². The van der Waals surface area contributed by atoms with Crippen LogP contribution >= 0.6 is 0 Å². The molecule has 7 nitrogen and oxygen atoms in total. The van der Waals surface area contributed by atoms with Gasteiger partial charge in [0.05, 0.1) is 5.92 Å². The Balaban J connectivity index is 1.36. The molecule has 134 valence electrons. The smallest absolute Gasteiger partial charge is 0.227 e. The van der Waals surface area contributed by atoms with Gasteiger partial charge in [-0.25, -0.2) is 9.50 Å². The SMILES string of the molecule is CCN1CCC[C@@H](C(=O)N2CCN(c3ccc4nccn4n3)CC2)C1. The lowest BCUT2D eigenvalue weighted by Crippen LogP contribution is -2.52. The van der Waals surface area contributed by atoms with Gasteiger partial charge in [0.2, 0.25) is 5.91 Å². The summed E-state index contributed by atoms with van der Waals surface area (Å²) in [5.41, 5.74) is 0.857. The Hall–Kier alpha value is -2.15. The van der Waals surface area contributed by atoms with Gasteiger partial charge in [-0.3, -0.25) is 4.79 Å². The third-order valence-corrected chi connectivity index (χ3v) is 5.46. The molecule has 2 aliphatic heterocycles. The zero-order valence-corrected chi connectivity index (χ0v) is 14.8. The summed E-state index contributed by atoms with van der Waals surface area (Å²) in [5, 5.41) is 4.61. The number of anilines is 1. The number of hydrogen-bond donors (Lipinski definition) is 0. The van der Waals surface area contributed by atoms with Crippen molar-refractivity contribution < 1.29 is 4.79 Å². The van der Waals surface area contributed by atoms with Crippen LogP contribution < -0.4 is 4.90 Å². The number of amides is 1. The Morgan fingerprint density at radius 1 is 1.20 bits per heavy atom. The van der Waals surface area contributed by atoms with Gasteiger partial charge in [0.25, 0.3) is 0 Å². The number of piperidine rings is 1. The predicted molar refractivity (Wildman–Crippen MR) is 96.6 cm³/mol. The van der Waals surface area contributed by atoms with Crippen molar-refractivity contribution in [3.8, 4) is 0 Å². The van der Waals surface area contributed by atoms with Crippen LogP contribution in [0, 0.1) is 5.92 Å². The highest BCUT2D eigenvalue weighted by Crippen LogP contribution is 2.21. The van der Waals surface area contributed by atoms with Gasteiger partial charge in [-0.15, -0.1) is 5.10 Å². The number of hydrogen-bond acceptors (Lipinski definition) is 5. The van der Waals surface area contributed by atoms with Crippen LogP contribution in [0.3, 0.4) is 0 Å². The van der Waals surface area contributed by atoms with Crippen LogP contribution in [-0.2, 0) is 4.79 Å². The summed E-state index contributed by atoms with van der Waals surface area (Å²) in [5.74, 6) is 1.48. The second-order valence-electron chi connectivity index (χ2n) is 6.97. The summed E-state index contributed by atoms with van der Waals surface area (Å²) in [4.78, 5) is 23.8. The third kappa shape index (κ3) is 3.33. The van der Waals surface area contributed by atoms with Gasteiger partial charge in [-0.2, -0.15) is 0 Å². The van der Waals surface area contributed by atoms with Crippen molar-refractivity contribution in [3.63, 3.8) is 0 Å². The first-order chi connectivity index (χ1) is 12.2. The molecule has 0 spiro atoms. The van der Waals surface area contributed by atoms with Gasteiger partial charge >= 0.3 is 0 Å². The normalized spacial score (nSPS) is 22.5. The summed E-state index contributed by atoms with van der Waals surface area (Å²) in [6, 6.07) is 4.00. The highest BCUT2D eigenvalue weighted by atomic mass is 16.2. The fraction of sp³-hybridized carbons (Fsp3) is 0.611. The van der Waals surface area contributed by atoms with Crippen LogP contribution in [0.25, 0.3) is 5.65 Å². The first-order valence-electron chi connectivity index (χ1n) is 9.31. The molecule has 4 rings (SSSR count). The molecular formula is C18H26N6O. The number of aromatic nitrogens is 3. The number of carbonyl (C=O) groups excluding carboxylic acids is 1. The number of imidazole rings is 1. The Kier molecular flexibility index (Phi) is 4.57. The molecule has 25 heavy (non-hydrogen) atoms. The van der Waals surface area contributed by atoms with E-state index in [-0.39, 0.29) is 5.92 Å². The lowest BCUT2D eigenvalue weighted by molar-refractivity contribution is -0.137. The Labute approximate surface area is 148 Å². The van der Waals surface area contributed by atoms with E-state index in [1.165, 1.54) is 0 Å². The fourth-order valence-corrected chi connectivity index (χ4v) is 3.93. The average molecular weight is 342 g/mol. The first kappa shape index (κ1) is 16.3. The quantitative estimate of drug-likeness (QED) is 0.836.